The predicted molar refractivity (Wildman–Crippen MR) is 86.6 cm³/mol. The molecule has 2 aromatic rings. The molecule has 5 nitrogen and oxygen atoms in total. The van der Waals surface area contributed by atoms with Gasteiger partial charge in [-0.1, -0.05) is 37.6 Å². The van der Waals surface area contributed by atoms with Crippen molar-refractivity contribution >= 4 is 28.9 Å². The first-order chi connectivity index (χ1) is 10.4. The lowest BCUT2D eigenvalue weighted by atomic mass is 10.0. The molecule has 0 heterocycles. The second-order valence-corrected chi connectivity index (χ2v) is 5.56. The van der Waals surface area contributed by atoms with Crippen LogP contribution in [0.4, 0.5) is 11.4 Å². The maximum absolute atomic E-state index is 12.3. The first-order valence-electron chi connectivity index (χ1n) is 6.73. The summed E-state index contributed by atoms with van der Waals surface area (Å²) in [7, 11) is 0. The molecule has 0 aliphatic carbocycles. The van der Waals surface area contributed by atoms with Gasteiger partial charge in [-0.05, 0) is 29.7 Å². The van der Waals surface area contributed by atoms with E-state index < -0.39 is 10.8 Å². The van der Waals surface area contributed by atoms with Gasteiger partial charge in [-0.25, -0.2) is 0 Å². The molecule has 22 heavy (non-hydrogen) atoms. The molecule has 0 aromatic heterocycles. The Morgan fingerprint density at radius 2 is 1.95 bits per heavy atom. The van der Waals surface area contributed by atoms with Crippen molar-refractivity contribution in [3.05, 3.63) is 68.7 Å². The summed E-state index contributed by atoms with van der Waals surface area (Å²) in [4.78, 5) is 22.5. The predicted octanol–water partition coefficient (Wildman–Crippen LogP) is 4.62. The molecule has 0 fully saturated rings. The number of hydrogen-bond acceptors (Lipinski definition) is 3. The highest BCUT2D eigenvalue weighted by Crippen LogP contribution is 2.24. The zero-order valence-electron chi connectivity index (χ0n) is 12.2. The molecule has 0 bridgehead atoms. The maximum atomic E-state index is 12.3. The fraction of sp³-hybridized carbons (Fsp3) is 0.188. The summed E-state index contributed by atoms with van der Waals surface area (Å²) < 4.78 is 0. The molecule has 6 heteroatoms. The van der Waals surface area contributed by atoms with Gasteiger partial charge < -0.3 is 5.32 Å². The van der Waals surface area contributed by atoms with Crippen LogP contribution in [-0.4, -0.2) is 10.8 Å². The molecule has 114 valence electrons. The number of benzene rings is 2. The van der Waals surface area contributed by atoms with Gasteiger partial charge in [0.15, 0.2) is 0 Å². The smallest absolute Gasteiger partial charge is 0.270 e. The fourth-order valence-corrected chi connectivity index (χ4v) is 2.18. The van der Waals surface area contributed by atoms with Gasteiger partial charge in [0.2, 0.25) is 0 Å². The van der Waals surface area contributed by atoms with E-state index in [1.165, 1.54) is 18.2 Å². The van der Waals surface area contributed by atoms with Crippen LogP contribution in [0.25, 0.3) is 0 Å². The van der Waals surface area contributed by atoms with Crippen molar-refractivity contribution in [2.24, 2.45) is 0 Å². The van der Waals surface area contributed by atoms with Crippen molar-refractivity contribution in [3.63, 3.8) is 0 Å². The van der Waals surface area contributed by atoms with Gasteiger partial charge in [-0.2, -0.15) is 0 Å². The summed E-state index contributed by atoms with van der Waals surface area (Å²) in [6, 6.07) is 11.2. The molecule has 0 aliphatic rings. The normalized spacial score (nSPS) is 10.5. The monoisotopic (exact) mass is 318 g/mol. The zero-order chi connectivity index (χ0) is 16.3. The van der Waals surface area contributed by atoms with E-state index in [-0.39, 0.29) is 16.3 Å². The number of amides is 1. The van der Waals surface area contributed by atoms with E-state index in [2.05, 4.69) is 19.2 Å². The lowest BCUT2D eigenvalue weighted by molar-refractivity contribution is -0.384. The number of nitrogens with zero attached hydrogens (tertiary/aromatic N) is 1. The Bertz CT molecular complexity index is 729. The van der Waals surface area contributed by atoms with E-state index in [0.29, 0.717) is 11.6 Å². The van der Waals surface area contributed by atoms with Crippen molar-refractivity contribution in [3.8, 4) is 0 Å². The number of anilines is 1. The quantitative estimate of drug-likeness (QED) is 0.660. The van der Waals surface area contributed by atoms with Gasteiger partial charge in [-0.15, -0.1) is 0 Å². The molecular weight excluding hydrogens is 304 g/mol. The highest BCUT2D eigenvalue weighted by molar-refractivity contribution is 6.34. The zero-order valence-corrected chi connectivity index (χ0v) is 12.9. The van der Waals surface area contributed by atoms with E-state index in [1.54, 1.807) is 6.07 Å². The third-order valence-corrected chi connectivity index (χ3v) is 3.55. The standard InChI is InChI=1S/C16H15ClN2O3/c1-10(2)11-4-3-5-12(8-11)18-16(20)14-9-13(19(21)22)6-7-15(14)17/h3-10H,1-2H3,(H,18,20). The molecule has 0 saturated carbocycles. The van der Waals surface area contributed by atoms with Crippen LogP contribution in [-0.2, 0) is 0 Å². The number of non-ortho nitro benzene ring substituents is 1. The van der Waals surface area contributed by atoms with E-state index in [0.717, 1.165) is 5.56 Å². The lowest BCUT2D eigenvalue weighted by Gasteiger charge is -2.10. The summed E-state index contributed by atoms with van der Waals surface area (Å²) in [5, 5.41) is 13.7. The summed E-state index contributed by atoms with van der Waals surface area (Å²) in [6.07, 6.45) is 0. The summed E-state index contributed by atoms with van der Waals surface area (Å²) in [6.45, 7) is 4.11. The van der Waals surface area contributed by atoms with Crippen molar-refractivity contribution in [1.29, 1.82) is 0 Å². The average molecular weight is 319 g/mol. The van der Waals surface area contributed by atoms with Gasteiger partial charge in [0.05, 0.1) is 15.5 Å². The van der Waals surface area contributed by atoms with E-state index in [9.17, 15) is 14.9 Å². The Hall–Kier alpha value is -2.40. The Morgan fingerprint density at radius 3 is 2.59 bits per heavy atom. The van der Waals surface area contributed by atoms with Crippen molar-refractivity contribution in [2.45, 2.75) is 19.8 Å². The first-order valence-corrected chi connectivity index (χ1v) is 7.11. The topological polar surface area (TPSA) is 72.2 Å². The van der Waals surface area contributed by atoms with Gasteiger partial charge in [0, 0.05) is 17.8 Å². The number of nitro benzene ring substituents is 1. The van der Waals surface area contributed by atoms with Crippen LogP contribution in [0, 0.1) is 10.1 Å². The molecule has 1 amide bonds. The molecule has 0 aliphatic heterocycles. The van der Waals surface area contributed by atoms with E-state index in [4.69, 9.17) is 11.6 Å². The van der Waals surface area contributed by atoms with Crippen molar-refractivity contribution < 1.29 is 9.72 Å². The number of halogens is 1. The van der Waals surface area contributed by atoms with Crippen molar-refractivity contribution in [1.82, 2.24) is 0 Å². The summed E-state index contributed by atoms with van der Waals surface area (Å²) in [5.41, 5.74) is 1.61. The van der Waals surface area contributed by atoms with Crippen molar-refractivity contribution in [2.75, 3.05) is 5.32 Å². The summed E-state index contributed by atoms with van der Waals surface area (Å²) >= 11 is 5.96. The number of hydrogen-bond donors (Lipinski definition) is 1. The van der Waals surface area contributed by atoms with Crippen LogP contribution in [0.3, 0.4) is 0 Å². The van der Waals surface area contributed by atoms with Crippen LogP contribution in [0.1, 0.15) is 35.7 Å². The average Bonchev–Trinajstić information content (AvgIpc) is 2.47. The minimum absolute atomic E-state index is 0.0748. The van der Waals surface area contributed by atoms with Gasteiger partial charge in [0.1, 0.15) is 0 Å². The highest BCUT2D eigenvalue weighted by Gasteiger charge is 2.16. The third kappa shape index (κ3) is 3.62. The van der Waals surface area contributed by atoms with Crippen LogP contribution >= 0.6 is 11.6 Å². The van der Waals surface area contributed by atoms with Gasteiger partial charge in [-0.3, -0.25) is 14.9 Å². The molecule has 2 aromatic carbocycles. The Kier molecular flexibility index (Phi) is 4.78. The highest BCUT2D eigenvalue weighted by atomic mass is 35.5. The molecule has 0 radical (unpaired) electrons. The molecule has 0 atom stereocenters. The number of carbonyl (C=O) groups excluding carboxylic acids is 1. The van der Waals surface area contributed by atoms with Crippen LogP contribution in [0.15, 0.2) is 42.5 Å². The molecule has 0 unspecified atom stereocenters. The Labute approximate surface area is 133 Å². The number of nitrogens with one attached hydrogen (secondary N) is 1. The van der Waals surface area contributed by atoms with Crippen LogP contribution in [0.2, 0.25) is 5.02 Å². The SMILES string of the molecule is CC(C)c1cccc(NC(=O)c2cc([N+](=O)[O-])ccc2Cl)c1. The second-order valence-electron chi connectivity index (χ2n) is 5.16. The fourth-order valence-electron chi connectivity index (χ4n) is 1.97. The minimum Gasteiger partial charge on any atom is -0.322 e. The lowest BCUT2D eigenvalue weighted by Crippen LogP contribution is -2.13. The molecular formula is C16H15ClN2O3. The minimum atomic E-state index is -0.563. The number of rotatable bonds is 4. The Morgan fingerprint density at radius 1 is 1.23 bits per heavy atom. The summed E-state index contributed by atoms with van der Waals surface area (Å²) in [5.74, 6) is -0.146. The third-order valence-electron chi connectivity index (χ3n) is 3.22. The van der Waals surface area contributed by atoms with Crippen LogP contribution in [0.5, 0.6) is 0 Å². The first kappa shape index (κ1) is 16.0. The molecule has 0 saturated heterocycles. The maximum Gasteiger partial charge on any atom is 0.270 e. The van der Waals surface area contributed by atoms with Gasteiger partial charge >= 0.3 is 0 Å². The Balaban J connectivity index is 2.27. The largest absolute Gasteiger partial charge is 0.322 e. The van der Waals surface area contributed by atoms with E-state index in [1.807, 2.05) is 18.2 Å². The number of carbonyl (C=O) groups is 1. The van der Waals surface area contributed by atoms with Crippen LogP contribution < -0.4 is 5.32 Å². The number of nitro groups is 1. The van der Waals surface area contributed by atoms with E-state index >= 15 is 0 Å². The molecule has 2 rings (SSSR count). The van der Waals surface area contributed by atoms with Gasteiger partial charge in [0.25, 0.3) is 11.6 Å². The second kappa shape index (κ2) is 6.58. The molecule has 0 spiro atoms. The molecule has 1 N–H and O–H groups in total.